The third-order valence-corrected chi connectivity index (χ3v) is 5.08. The summed E-state index contributed by atoms with van der Waals surface area (Å²) >= 11 is 0. The number of carboxylic acids is 1. The molecule has 2 heteroatoms. The average molecular weight is 284 g/mol. The predicted molar refractivity (Wildman–Crippen MR) is 87.0 cm³/mol. The van der Waals surface area contributed by atoms with Crippen LogP contribution < -0.4 is 0 Å². The van der Waals surface area contributed by atoms with Crippen LogP contribution in [-0.2, 0) is 4.79 Å². The van der Waals surface area contributed by atoms with Gasteiger partial charge < -0.3 is 5.11 Å². The van der Waals surface area contributed by atoms with E-state index in [2.05, 4.69) is 34.6 Å². The molecule has 0 aliphatic heterocycles. The first-order valence-corrected chi connectivity index (χ1v) is 8.40. The van der Waals surface area contributed by atoms with Crippen LogP contribution in [0.4, 0.5) is 0 Å². The molecule has 0 aliphatic carbocycles. The summed E-state index contributed by atoms with van der Waals surface area (Å²) in [4.78, 5) is 11.8. The molecule has 0 aromatic carbocycles. The largest absolute Gasteiger partial charge is 0.481 e. The Morgan fingerprint density at radius 3 is 2.05 bits per heavy atom. The van der Waals surface area contributed by atoms with Crippen LogP contribution in [0.25, 0.3) is 0 Å². The standard InChI is InChI=1S/C18H36O2/c1-7-8-9-10-14-18(6,16(19)20)17(4,5)13-11-12-15(2)3/h15H,7-14H2,1-6H3,(H,19,20). The lowest BCUT2D eigenvalue weighted by atomic mass is 9.62. The van der Waals surface area contributed by atoms with Gasteiger partial charge in [-0.2, -0.15) is 0 Å². The van der Waals surface area contributed by atoms with Crippen molar-refractivity contribution in [3.05, 3.63) is 0 Å². The first kappa shape index (κ1) is 19.5. The van der Waals surface area contributed by atoms with E-state index in [4.69, 9.17) is 0 Å². The molecular weight excluding hydrogens is 248 g/mol. The molecule has 0 radical (unpaired) electrons. The third-order valence-electron chi connectivity index (χ3n) is 5.08. The van der Waals surface area contributed by atoms with Crippen molar-refractivity contribution in [1.29, 1.82) is 0 Å². The Bertz CT molecular complexity index is 281. The first-order valence-electron chi connectivity index (χ1n) is 8.40. The van der Waals surface area contributed by atoms with E-state index in [1.54, 1.807) is 0 Å². The molecule has 0 aromatic rings. The van der Waals surface area contributed by atoms with Gasteiger partial charge in [0.1, 0.15) is 0 Å². The summed E-state index contributed by atoms with van der Waals surface area (Å²) in [7, 11) is 0. The number of hydrogen-bond donors (Lipinski definition) is 1. The van der Waals surface area contributed by atoms with E-state index < -0.39 is 11.4 Å². The number of aliphatic carboxylic acids is 1. The fourth-order valence-corrected chi connectivity index (χ4v) is 2.87. The average Bonchev–Trinajstić information content (AvgIpc) is 2.33. The molecule has 0 spiro atoms. The molecule has 1 unspecified atom stereocenters. The molecule has 1 N–H and O–H groups in total. The molecule has 0 aliphatic rings. The van der Waals surface area contributed by atoms with Gasteiger partial charge in [0.05, 0.1) is 5.41 Å². The molecule has 1 atom stereocenters. The van der Waals surface area contributed by atoms with Crippen LogP contribution in [0.3, 0.4) is 0 Å². The third kappa shape index (κ3) is 5.85. The minimum Gasteiger partial charge on any atom is -0.481 e. The summed E-state index contributed by atoms with van der Waals surface area (Å²) in [6.45, 7) is 12.9. The van der Waals surface area contributed by atoms with Crippen LogP contribution in [0.1, 0.15) is 92.9 Å². The van der Waals surface area contributed by atoms with Crippen LogP contribution >= 0.6 is 0 Å². The van der Waals surface area contributed by atoms with Gasteiger partial charge in [0.25, 0.3) is 0 Å². The van der Waals surface area contributed by atoms with Gasteiger partial charge in [0, 0.05) is 0 Å². The van der Waals surface area contributed by atoms with E-state index in [0.717, 1.165) is 32.1 Å². The molecular formula is C18H36O2. The maximum Gasteiger partial charge on any atom is 0.309 e. The second kappa shape index (κ2) is 8.69. The second-order valence-corrected chi connectivity index (χ2v) is 7.62. The van der Waals surface area contributed by atoms with Gasteiger partial charge in [-0.25, -0.2) is 0 Å². The molecule has 0 fully saturated rings. The molecule has 0 saturated heterocycles. The number of carboxylic acid groups (broad SMARTS) is 1. The summed E-state index contributed by atoms with van der Waals surface area (Å²) in [5.74, 6) is 0.0787. The van der Waals surface area contributed by atoms with Crippen molar-refractivity contribution in [2.45, 2.75) is 92.9 Å². The van der Waals surface area contributed by atoms with Gasteiger partial charge in [-0.05, 0) is 31.1 Å². The van der Waals surface area contributed by atoms with Gasteiger partial charge in [-0.3, -0.25) is 4.79 Å². The lowest BCUT2D eigenvalue weighted by molar-refractivity contribution is -0.156. The Balaban J connectivity index is 4.62. The van der Waals surface area contributed by atoms with Crippen LogP contribution in [0.2, 0.25) is 0 Å². The molecule has 0 saturated carbocycles. The molecule has 0 heterocycles. The lowest BCUT2D eigenvalue weighted by Gasteiger charge is -2.41. The van der Waals surface area contributed by atoms with E-state index in [9.17, 15) is 9.90 Å². The van der Waals surface area contributed by atoms with Crippen molar-refractivity contribution in [1.82, 2.24) is 0 Å². The van der Waals surface area contributed by atoms with E-state index in [1.165, 1.54) is 19.3 Å². The SMILES string of the molecule is CCCCCCC(C)(C(=O)O)C(C)(C)CCCC(C)C. The molecule has 120 valence electrons. The summed E-state index contributed by atoms with van der Waals surface area (Å²) in [6.07, 6.45) is 8.72. The minimum atomic E-state index is -0.622. The summed E-state index contributed by atoms with van der Waals surface area (Å²) in [5, 5.41) is 9.73. The zero-order valence-electron chi connectivity index (χ0n) is 14.6. The normalized spacial score (nSPS) is 15.3. The van der Waals surface area contributed by atoms with Crippen LogP contribution in [0.15, 0.2) is 0 Å². The molecule has 0 aromatic heterocycles. The lowest BCUT2D eigenvalue weighted by Crippen LogP contribution is -2.42. The van der Waals surface area contributed by atoms with Crippen molar-refractivity contribution in [3.8, 4) is 0 Å². The van der Waals surface area contributed by atoms with Gasteiger partial charge in [0.15, 0.2) is 0 Å². The quantitative estimate of drug-likeness (QED) is 0.479. The van der Waals surface area contributed by atoms with E-state index >= 15 is 0 Å². The fraction of sp³-hybridized carbons (Fsp3) is 0.944. The van der Waals surface area contributed by atoms with Crippen molar-refractivity contribution in [3.63, 3.8) is 0 Å². The molecule has 20 heavy (non-hydrogen) atoms. The Kier molecular flexibility index (Phi) is 8.46. The van der Waals surface area contributed by atoms with Crippen LogP contribution in [0.5, 0.6) is 0 Å². The van der Waals surface area contributed by atoms with Gasteiger partial charge in [-0.15, -0.1) is 0 Å². The Hall–Kier alpha value is -0.530. The summed E-state index contributed by atoms with van der Waals surface area (Å²) in [6, 6.07) is 0. The van der Waals surface area contributed by atoms with Crippen molar-refractivity contribution in [2.75, 3.05) is 0 Å². The smallest absolute Gasteiger partial charge is 0.309 e. The monoisotopic (exact) mass is 284 g/mol. The van der Waals surface area contributed by atoms with E-state index in [-0.39, 0.29) is 5.41 Å². The zero-order chi connectivity index (χ0) is 15.8. The van der Waals surface area contributed by atoms with E-state index in [0.29, 0.717) is 5.92 Å². The Labute approximate surface area is 126 Å². The Morgan fingerprint density at radius 1 is 1.00 bits per heavy atom. The molecule has 0 rings (SSSR count). The first-order chi connectivity index (χ1) is 9.17. The highest BCUT2D eigenvalue weighted by molar-refractivity contribution is 5.75. The number of carbonyl (C=O) groups is 1. The topological polar surface area (TPSA) is 37.3 Å². The number of unbranched alkanes of at least 4 members (excludes halogenated alkanes) is 3. The Morgan fingerprint density at radius 2 is 1.60 bits per heavy atom. The van der Waals surface area contributed by atoms with Crippen molar-refractivity contribution < 1.29 is 9.90 Å². The second-order valence-electron chi connectivity index (χ2n) is 7.62. The van der Waals surface area contributed by atoms with Crippen LogP contribution in [0, 0.1) is 16.7 Å². The number of hydrogen-bond acceptors (Lipinski definition) is 1. The van der Waals surface area contributed by atoms with E-state index in [1.807, 2.05) is 6.92 Å². The summed E-state index contributed by atoms with van der Waals surface area (Å²) in [5.41, 5.74) is -0.738. The molecule has 0 bridgehead atoms. The highest BCUT2D eigenvalue weighted by Gasteiger charge is 2.46. The maximum absolute atomic E-state index is 11.8. The highest BCUT2D eigenvalue weighted by atomic mass is 16.4. The zero-order valence-corrected chi connectivity index (χ0v) is 14.6. The fourth-order valence-electron chi connectivity index (χ4n) is 2.87. The molecule has 2 nitrogen and oxygen atoms in total. The van der Waals surface area contributed by atoms with Crippen molar-refractivity contribution >= 4 is 5.97 Å². The highest BCUT2D eigenvalue weighted by Crippen LogP contribution is 2.46. The molecule has 0 amide bonds. The summed E-state index contributed by atoms with van der Waals surface area (Å²) < 4.78 is 0. The van der Waals surface area contributed by atoms with Crippen LogP contribution in [-0.4, -0.2) is 11.1 Å². The maximum atomic E-state index is 11.8. The number of rotatable bonds is 11. The van der Waals surface area contributed by atoms with Gasteiger partial charge in [-0.1, -0.05) is 73.1 Å². The van der Waals surface area contributed by atoms with Gasteiger partial charge in [0.2, 0.25) is 0 Å². The minimum absolute atomic E-state index is 0.139. The van der Waals surface area contributed by atoms with Gasteiger partial charge >= 0.3 is 5.97 Å². The van der Waals surface area contributed by atoms with Crippen molar-refractivity contribution in [2.24, 2.45) is 16.7 Å². The predicted octanol–water partition coefficient (Wildman–Crippen LogP) is 5.90.